The summed E-state index contributed by atoms with van der Waals surface area (Å²) in [6, 6.07) is 20.1. The molecule has 0 atom stereocenters. The highest BCUT2D eigenvalue weighted by Crippen LogP contribution is 2.27. The van der Waals surface area contributed by atoms with Crippen LogP contribution in [0.1, 0.15) is 17.1 Å². The number of hydrogen-bond donors (Lipinski definition) is 0. The van der Waals surface area contributed by atoms with Crippen LogP contribution in [0.4, 0.5) is 0 Å². The van der Waals surface area contributed by atoms with Crippen molar-refractivity contribution in [2.45, 2.75) is 13.3 Å². The van der Waals surface area contributed by atoms with Crippen LogP contribution in [0.2, 0.25) is 0 Å². The molecule has 5 rings (SSSR count). The van der Waals surface area contributed by atoms with Gasteiger partial charge in [0.25, 0.3) is 0 Å². The molecule has 27 heavy (non-hydrogen) atoms. The van der Waals surface area contributed by atoms with E-state index in [1.165, 1.54) is 16.9 Å². The molecule has 0 saturated carbocycles. The lowest BCUT2D eigenvalue weighted by atomic mass is 10.1. The molecule has 0 aliphatic carbocycles. The first-order valence-electron chi connectivity index (χ1n) is 8.53. The van der Waals surface area contributed by atoms with E-state index in [0.29, 0.717) is 6.42 Å². The van der Waals surface area contributed by atoms with Crippen molar-refractivity contribution >= 4 is 16.3 Å². The van der Waals surface area contributed by atoms with E-state index in [1.807, 2.05) is 60.1 Å². The smallest absolute Gasteiger partial charge is 0.217 e. The Bertz CT molecular complexity index is 1210. The van der Waals surface area contributed by atoms with E-state index in [-0.39, 0.29) is 0 Å². The van der Waals surface area contributed by atoms with Crippen LogP contribution in [0.15, 0.2) is 60.7 Å². The maximum absolute atomic E-state index is 4.70. The third kappa shape index (κ3) is 2.80. The second-order valence-corrected chi connectivity index (χ2v) is 7.11. The lowest BCUT2D eigenvalue weighted by molar-refractivity contribution is 0.785. The maximum atomic E-state index is 4.70. The van der Waals surface area contributed by atoms with Crippen LogP contribution < -0.4 is 0 Å². The molecule has 2 aromatic carbocycles. The van der Waals surface area contributed by atoms with E-state index < -0.39 is 0 Å². The van der Waals surface area contributed by atoms with Gasteiger partial charge in [0.2, 0.25) is 4.96 Å². The zero-order valence-electron chi connectivity index (χ0n) is 14.5. The van der Waals surface area contributed by atoms with Crippen molar-refractivity contribution in [1.82, 2.24) is 34.8 Å². The van der Waals surface area contributed by atoms with E-state index in [9.17, 15) is 0 Å². The van der Waals surface area contributed by atoms with Gasteiger partial charge < -0.3 is 0 Å². The van der Waals surface area contributed by atoms with Crippen molar-refractivity contribution in [3.8, 4) is 16.4 Å². The second-order valence-electron chi connectivity index (χ2n) is 6.15. The highest BCUT2D eigenvalue weighted by atomic mass is 32.1. The molecular formula is C19H15N7S. The van der Waals surface area contributed by atoms with Gasteiger partial charge >= 0.3 is 0 Å². The van der Waals surface area contributed by atoms with Crippen LogP contribution in [0, 0.1) is 6.92 Å². The van der Waals surface area contributed by atoms with Crippen molar-refractivity contribution in [2.75, 3.05) is 0 Å². The fourth-order valence-electron chi connectivity index (χ4n) is 2.98. The summed E-state index contributed by atoms with van der Waals surface area (Å²) < 4.78 is 3.62. The zero-order valence-corrected chi connectivity index (χ0v) is 15.3. The Labute approximate surface area is 158 Å². The van der Waals surface area contributed by atoms with Gasteiger partial charge in [0.05, 0.1) is 11.4 Å². The number of aromatic nitrogens is 7. The van der Waals surface area contributed by atoms with E-state index in [4.69, 9.17) is 5.10 Å². The van der Waals surface area contributed by atoms with Gasteiger partial charge in [-0.2, -0.15) is 9.61 Å². The Morgan fingerprint density at radius 2 is 1.63 bits per heavy atom. The van der Waals surface area contributed by atoms with E-state index in [2.05, 4.69) is 32.6 Å². The van der Waals surface area contributed by atoms with Gasteiger partial charge in [0.15, 0.2) is 10.8 Å². The molecule has 132 valence electrons. The maximum Gasteiger partial charge on any atom is 0.235 e. The molecule has 7 nitrogen and oxygen atoms in total. The van der Waals surface area contributed by atoms with Gasteiger partial charge in [-0.1, -0.05) is 65.1 Å². The van der Waals surface area contributed by atoms with Gasteiger partial charge in [-0.3, -0.25) is 0 Å². The molecule has 0 radical (unpaired) electrons. The van der Waals surface area contributed by atoms with E-state index in [0.717, 1.165) is 32.9 Å². The van der Waals surface area contributed by atoms with Crippen molar-refractivity contribution < 1.29 is 0 Å². The topological polar surface area (TPSA) is 73.8 Å². The zero-order chi connectivity index (χ0) is 18.2. The average Bonchev–Trinajstić information content (AvgIpc) is 3.39. The summed E-state index contributed by atoms with van der Waals surface area (Å²) in [5.74, 6) is 0.812. The SMILES string of the molecule is Cc1c(-c2nn3c(Cc4ccccc4)nnc3s2)nnn1-c1ccccc1. The molecule has 0 saturated heterocycles. The summed E-state index contributed by atoms with van der Waals surface area (Å²) in [4.78, 5) is 0.754. The fourth-order valence-corrected chi connectivity index (χ4v) is 3.88. The monoisotopic (exact) mass is 373 g/mol. The molecule has 3 heterocycles. The van der Waals surface area contributed by atoms with Crippen LogP contribution in [0.3, 0.4) is 0 Å². The molecule has 0 aliphatic rings. The molecule has 0 unspecified atom stereocenters. The average molecular weight is 373 g/mol. The minimum atomic E-state index is 0.681. The van der Waals surface area contributed by atoms with Crippen LogP contribution in [-0.4, -0.2) is 34.8 Å². The number of rotatable bonds is 4. The Morgan fingerprint density at radius 3 is 2.41 bits per heavy atom. The van der Waals surface area contributed by atoms with E-state index >= 15 is 0 Å². The molecule has 0 fully saturated rings. The Kier molecular flexibility index (Phi) is 3.75. The van der Waals surface area contributed by atoms with Crippen LogP contribution in [0.5, 0.6) is 0 Å². The van der Waals surface area contributed by atoms with Crippen LogP contribution >= 0.6 is 11.3 Å². The summed E-state index contributed by atoms with van der Waals surface area (Å²) in [6.45, 7) is 2.00. The lowest BCUT2D eigenvalue weighted by Crippen LogP contribution is -1.99. The van der Waals surface area contributed by atoms with Gasteiger partial charge in [-0.15, -0.1) is 15.3 Å². The Hall–Kier alpha value is -3.39. The fraction of sp³-hybridized carbons (Fsp3) is 0.105. The lowest BCUT2D eigenvalue weighted by Gasteiger charge is -2.02. The predicted molar refractivity (Wildman–Crippen MR) is 103 cm³/mol. The molecule has 8 heteroatoms. The largest absolute Gasteiger partial charge is 0.235 e. The van der Waals surface area contributed by atoms with Gasteiger partial charge in [-0.25, -0.2) is 4.68 Å². The summed E-state index contributed by atoms with van der Waals surface area (Å²) in [7, 11) is 0. The number of para-hydroxylation sites is 1. The third-order valence-electron chi connectivity index (χ3n) is 4.36. The highest BCUT2D eigenvalue weighted by molar-refractivity contribution is 7.19. The van der Waals surface area contributed by atoms with E-state index in [1.54, 1.807) is 4.52 Å². The summed E-state index contributed by atoms with van der Waals surface area (Å²) >= 11 is 1.47. The van der Waals surface area contributed by atoms with Gasteiger partial charge in [-0.05, 0) is 24.6 Å². The van der Waals surface area contributed by atoms with Crippen molar-refractivity contribution in [3.05, 3.63) is 77.7 Å². The third-order valence-corrected chi connectivity index (χ3v) is 5.26. The number of nitrogens with zero attached hydrogens (tertiary/aromatic N) is 7. The van der Waals surface area contributed by atoms with Crippen LogP contribution in [-0.2, 0) is 6.42 Å². The first kappa shape index (κ1) is 15.8. The molecule has 0 amide bonds. The number of benzene rings is 2. The predicted octanol–water partition coefficient (Wildman–Crippen LogP) is 3.33. The minimum absolute atomic E-state index is 0.681. The molecule has 0 N–H and O–H groups in total. The molecular weight excluding hydrogens is 358 g/mol. The Morgan fingerprint density at radius 1 is 0.889 bits per heavy atom. The summed E-state index contributed by atoms with van der Waals surface area (Å²) in [5.41, 5.74) is 3.85. The standard InChI is InChI=1S/C19H15N7S/c1-13-17(21-24-25(13)15-10-6-3-7-11-15)18-23-26-16(20-22-19(26)27-18)12-14-8-4-2-5-9-14/h2-11H,12H2,1H3. The number of fused-ring (bicyclic) bond motifs is 1. The van der Waals surface area contributed by atoms with Crippen molar-refractivity contribution in [3.63, 3.8) is 0 Å². The molecule has 3 aromatic heterocycles. The molecule has 5 aromatic rings. The number of hydrogen-bond acceptors (Lipinski definition) is 6. The van der Waals surface area contributed by atoms with Gasteiger partial charge in [0, 0.05) is 6.42 Å². The molecule has 0 bridgehead atoms. The van der Waals surface area contributed by atoms with Crippen molar-refractivity contribution in [1.29, 1.82) is 0 Å². The summed E-state index contributed by atoms with van der Waals surface area (Å²) in [5, 5.41) is 22.7. The van der Waals surface area contributed by atoms with Crippen LogP contribution in [0.25, 0.3) is 21.3 Å². The highest BCUT2D eigenvalue weighted by Gasteiger charge is 2.19. The normalized spacial score (nSPS) is 11.3. The van der Waals surface area contributed by atoms with Gasteiger partial charge in [0.1, 0.15) is 5.69 Å². The first-order chi connectivity index (χ1) is 13.3. The summed E-state index contributed by atoms with van der Waals surface area (Å²) in [6.07, 6.45) is 0.681. The Balaban J connectivity index is 1.52. The first-order valence-corrected chi connectivity index (χ1v) is 9.34. The molecule has 0 spiro atoms. The van der Waals surface area contributed by atoms with Crippen molar-refractivity contribution in [2.24, 2.45) is 0 Å². The molecule has 0 aliphatic heterocycles. The second kappa shape index (κ2) is 6.40. The minimum Gasteiger partial charge on any atom is -0.217 e. The quantitative estimate of drug-likeness (QED) is 0.483.